The molecule has 0 aromatic heterocycles. The molecule has 4 heteroatoms. The molecule has 1 saturated heterocycles. The van der Waals surface area contributed by atoms with Gasteiger partial charge in [0.25, 0.3) is 0 Å². The van der Waals surface area contributed by atoms with E-state index in [9.17, 15) is 0 Å². The predicted molar refractivity (Wildman–Crippen MR) is 74.9 cm³/mol. The van der Waals surface area contributed by atoms with Gasteiger partial charge in [0.15, 0.2) is 0 Å². The van der Waals surface area contributed by atoms with E-state index in [2.05, 4.69) is 17.6 Å². The van der Waals surface area contributed by atoms with Gasteiger partial charge in [0.1, 0.15) is 0 Å². The molecule has 2 N–H and O–H groups in total. The Morgan fingerprint density at radius 3 is 2.83 bits per heavy atom. The molecule has 4 nitrogen and oxygen atoms in total. The molecule has 0 radical (unpaired) electrons. The third-order valence-corrected chi connectivity index (χ3v) is 3.97. The lowest BCUT2D eigenvalue weighted by molar-refractivity contribution is 0.0288. The van der Waals surface area contributed by atoms with E-state index in [1.807, 2.05) is 0 Å². The fourth-order valence-corrected chi connectivity index (χ4v) is 2.59. The highest BCUT2D eigenvalue weighted by molar-refractivity contribution is 4.74. The minimum absolute atomic E-state index is 0.168. The minimum Gasteiger partial charge on any atom is -0.382 e. The van der Waals surface area contributed by atoms with E-state index in [4.69, 9.17) is 9.47 Å². The molecule has 3 atom stereocenters. The van der Waals surface area contributed by atoms with Crippen LogP contribution < -0.4 is 10.6 Å². The van der Waals surface area contributed by atoms with Crippen molar-refractivity contribution in [2.45, 2.75) is 32.3 Å². The van der Waals surface area contributed by atoms with E-state index >= 15 is 0 Å². The number of nitrogens with one attached hydrogen (secondary N) is 2. The van der Waals surface area contributed by atoms with Gasteiger partial charge in [-0.2, -0.15) is 0 Å². The Labute approximate surface area is 112 Å². The standard InChI is InChI=1S/C14H30N2O2/c1-12(13-5-4-7-15-9-13)6-8-16-10-14(18-3)11-17-2/h12-16H,4-11H2,1-3H3. The van der Waals surface area contributed by atoms with Crippen molar-refractivity contribution in [3.63, 3.8) is 0 Å². The predicted octanol–water partition coefficient (Wildman–Crippen LogP) is 1.26. The van der Waals surface area contributed by atoms with Crippen LogP contribution in [0.25, 0.3) is 0 Å². The fourth-order valence-electron chi connectivity index (χ4n) is 2.59. The molecule has 0 aromatic rings. The zero-order valence-corrected chi connectivity index (χ0v) is 12.2. The topological polar surface area (TPSA) is 42.5 Å². The molecule has 0 saturated carbocycles. The lowest BCUT2D eigenvalue weighted by Crippen LogP contribution is -2.36. The first-order chi connectivity index (χ1) is 8.77. The van der Waals surface area contributed by atoms with Gasteiger partial charge in [-0.15, -0.1) is 0 Å². The summed E-state index contributed by atoms with van der Waals surface area (Å²) in [6.45, 7) is 7.38. The summed E-state index contributed by atoms with van der Waals surface area (Å²) in [4.78, 5) is 0. The van der Waals surface area contributed by atoms with Crippen molar-refractivity contribution in [2.75, 3.05) is 47.0 Å². The van der Waals surface area contributed by atoms with E-state index in [0.29, 0.717) is 6.61 Å². The van der Waals surface area contributed by atoms with Crippen molar-refractivity contribution in [3.05, 3.63) is 0 Å². The summed E-state index contributed by atoms with van der Waals surface area (Å²) in [6, 6.07) is 0. The van der Waals surface area contributed by atoms with Crippen LogP contribution in [0.5, 0.6) is 0 Å². The van der Waals surface area contributed by atoms with Crippen LogP contribution in [0.2, 0.25) is 0 Å². The Bertz CT molecular complexity index is 196. The van der Waals surface area contributed by atoms with Gasteiger partial charge < -0.3 is 20.1 Å². The second-order valence-electron chi connectivity index (χ2n) is 5.39. The summed E-state index contributed by atoms with van der Waals surface area (Å²) in [5.41, 5.74) is 0. The van der Waals surface area contributed by atoms with E-state index < -0.39 is 0 Å². The number of piperidine rings is 1. The minimum atomic E-state index is 0.168. The maximum Gasteiger partial charge on any atom is 0.0928 e. The number of hydrogen-bond acceptors (Lipinski definition) is 4. The smallest absolute Gasteiger partial charge is 0.0928 e. The van der Waals surface area contributed by atoms with Gasteiger partial charge in [-0.25, -0.2) is 0 Å². The summed E-state index contributed by atoms with van der Waals surface area (Å²) in [5, 5.41) is 6.96. The summed E-state index contributed by atoms with van der Waals surface area (Å²) in [6.07, 6.45) is 4.14. The third-order valence-electron chi connectivity index (χ3n) is 3.97. The zero-order chi connectivity index (χ0) is 13.2. The van der Waals surface area contributed by atoms with E-state index in [-0.39, 0.29) is 6.10 Å². The van der Waals surface area contributed by atoms with Crippen LogP contribution in [-0.2, 0) is 9.47 Å². The van der Waals surface area contributed by atoms with Gasteiger partial charge >= 0.3 is 0 Å². The van der Waals surface area contributed by atoms with E-state index in [1.165, 1.54) is 32.4 Å². The largest absolute Gasteiger partial charge is 0.382 e. The van der Waals surface area contributed by atoms with Crippen LogP contribution in [-0.4, -0.2) is 53.1 Å². The number of rotatable bonds is 9. The van der Waals surface area contributed by atoms with Gasteiger partial charge in [-0.3, -0.25) is 0 Å². The molecule has 0 bridgehead atoms. The van der Waals surface area contributed by atoms with Gasteiger partial charge in [0.2, 0.25) is 0 Å². The summed E-state index contributed by atoms with van der Waals surface area (Å²) in [5.74, 6) is 1.66. The first-order valence-electron chi connectivity index (χ1n) is 7.21. The third kappa shape index (κ3) is 6.14. The van der Waals surface area contributed by atoms with Gasteiger partial charge in [-0.05, 0) is 50.7 Å². The summed E-state index contributed by atoms with van der Waals surface area (Å²) in [7, 11) is 3.45. The van der Waals surface area contributed by atoms with Crippen molar-refractivity contribution < 1.29 is 9.47 Å². The highest BCUT2D eigenvalue weighted by Crippen LogP contribution is 2.21. The second kappa shape index (κ2) is 9.73. The van der Waals surface area contributed by atoms with E-state index in [1.54, 1.807) is 14.2 Å². The molecule has 3 unspecified atom stereocenters. The number of hydrogen-bond donors (Lipinski definition) is 2. The van der Waals surface area contributed by atoms with Crippen LogP contribution in [0.3, 0.4) is 0 Å². The Morgan fingerprint density at radius 1 is 1.39 bits per heavy atom. The van der Waals surface area contributed by atoms with Crippen molar-refractivity contribution in [3.8, 4) is 0 Å². The molecular weight excluding hydrogens is 228 g/mol. The van der Waals surface area contributed by atoms with Crippen molar-refractivity contribution >= 4 is 0 Å². The Morgan fingerprint density at radius 2 is 2.22 bits per heavy atom. The Hall–Kier alpha value is -0.160. The fraction of sp³-hybridized carbons (Fsp3) is 1.00. The Kier molecular flexibility index (Phi) is 8.59. The highest BCUT2D eigenvalue weighted by Gasteiger charge is 2.19. The molecule has 1 heterocycles. The molecule has 108 valence electrons. The molecule has 18 heavy (non-hydrogen) atoms. The van der Waals surface area contributed by atoms with Gasteiger partial charge in [-0.1, -0.05) is 6.92 Å². The molecule has 0 aromatic carbocycles. The maximum atomic E-state index is 5.32. The van der Waals surface area contributed by atoms with Crippen LogP contribution in [0.15, 0.2) is 0 Å². The molecule has 0 spiro atoms. The van der Waals surface area contributed by atoms with Crippen molar-refractivity contribution in [2.24, 2.45) is 11.8 Å². The highest BCUT2D eigenvalue weighted by atomic mass is 16.5. The number of methoxy groups -OCH3 is 2. The molecule has 0 aliphatic carbocycles. The van der Waals surface area contributed by atoms with Crippen LogP contribution in [0, 0.1) is 11.8 Å². The molecular formula is C14H30N2O2. The zero-order valence-electron chi connectivity index (χ0n) is 12.2. The maximum absolute atomic E-state index is 5.32. The molecule has 1 aliphatic heterocycles. The average molecular weight is 258 g/mol. The molecule has 1 fully saturated rings. The van der Waals surface area contributed by atoms with Gasteiger partial charge in [0, 0.05) is 20.8 Å². The average Bonchev–Trinajstić information content (AvgIpc) is 2.43. The van der Waals surface area contributed by atoms with Crippen LogP contribution in [0.1, 0.15) is 26.2 Å². The normalized spacial score (nSPS) is 23.8. The van der Waals surface area contributed by atoms with Crippen LogP contribution >= 0.6 is 0 Å². The first kappa shape index (κ1) is 15.9. The molecule has 0 amide bonds. The van der Waals surface area contributed by atoms with Crippen molar-refractivity contribution in [1.82, 2.24) is 10.6 Å². The molecule has 1 rings (SSSR count). The lowest BCUT2D eigenvalue weighted by Gasteiger charge is -2.28. The summed E-state index contributed by atoms with van der Waals surface area (Å²) < 4.78 is 10.4. The van der Waals surface area contributed by atoms with E-state index in [0.717, 1.165) is 24.9 Å². The first-order valence-corrected chi connectivity index (χ1v) is 7.21. The Balaban J connectivity index is 2.05. The molecule has 1 aliphatic rings. The van der Waals surface area contributed by atoms with Crippen molar-refractivity contribution in [1.29, 1.82) is 0 Å². The quantitative estimate of drug-likeness (QED) is 0.611. The number of ether oxygens (including phenoxy) is 2. The van der Waals surface area contributed by atoms with Crippen LogP contribution in [0.4, 0.5) is 0 Å². The van der Waals surface area contributed by atoms with Gasteiger partial charge in [0.05, 0.1) is 12.7 Å². The second-order valence-corrected chi connectivity index (χ2v) is 5.39. The summed E-state index contributed by atoms with van der Waals surface area (Å²) >= 11 is 0. The SMILES string of the molecule is COCC(CNCCC(C)C1CCCNC1)OC. The lowest BCUT2D eigenvalue weighted by atomic mass is 9.85. The monoisotopic (exact) mass is 258 g/mol.